The summed E-state index contributed by atoms with van der Waals surface area (Å²) in [7, 11) is -1.83. The van der Waals surface area contributed by atoms with Crippen LogP contribution in [0.2, 0.25) is 0 Å². The molecule has 0 atom stereocenters. The van der Waals surface area contributed by atoms with Gasteiger partial charge in [-0.25, -0.2) is 4.39 Å². The Morgan fingerprint density at radius 2 is 1.76 bits per heavy atom. The van der Waals surface area contributed by atoms with E-state index in [1.165, 1.54) is 12.1 Å². The van der Waals surface area contributed by atoms with Gasteiger partial charge in [-0.1, -0.05) is 6.07 Å². The topological polar surface area (TPSA) is 62.6 Å². The maximum absolute atomic E-state index is 13.4. The molecule has 17 heavy (non-hydrogen) atoms. The van der Waals surface area contributed by atoms with Crippen LogP contribution in [0.3, 0.4) is 0 Å². The molecule has 86 valence electrons. The Kier molecular flexibility index (Phi) is 3.36. The van der Waals surface area contributed by atoms with Gasteiger partial charge in [0.15, 0.2) is 0 Å². The second-order valence-corrected chi connectivity index (χ2v) is 3.34. The second-order valence-electron chi connectivity index (χ2n) is 3.34. The summed E-state index contributed by atoms with van der Waals surface area (Å²) in [5, 5.41) is 17.7. The largest absolute Gasteiger partial charge is 0.491 e. The number of halogens is 1. The third-order valence-corrected chi connectivity index (χ3v) is 2.14. The molecule has 0 amide bonds. The minimum atomic E-state index is -1.83. The van der Waals surface area contributed by atoms with Gasteiger partial charge in [-0.2, -0.15) is 0 Å². The van der Waals surface area contributed by atoms with Gasteiger partial charge in [0.25, 0.3) is 0 Å². The molecule has 6 heteroatoms. The lowest BCUT2D eigenvalue weighted by molar-refractivity contribution is 0.422. The van der Waals surface area contributed by atoms with E-state index in [1.807, 2.05) is 0 Å². The maximum atomic E-state index is 13.4. The maximum Gasteiger partial charge on any atom is 0.491 e. The Morgan fingerprint density at radius 1 is 1.06 bits per heavy atom. The summed E-state index contributed by atoms with van der Waals surface area (Å²) in [5.74, 6) is 0.0707. The van der Waals surface area contributed by atoms with Crippen LogP contribution in [0.15, 0.2) is 42.7 Å². The molecule has 0 radical (unpaired) electrons. The molecule has 0 fully saturated rings. The Morgan fingerprint density at radius 3 is 2.35 bits per heavy atom. The number of benzene rings is 1. The third kappa shape index (κ3) is 2.80. The van der Waals surface area contributed by atoms with Gasteiger partial charge >= 0.3 is 7.12 Å². The smallest absolute Gasteiger partial charge is 0.457 e. The molecular weight excluding hydrogens is 224 g/mol. The van der Waals surface area contributed by atoms with Crippen LogP contribution < -0.4 is 10.2 Å². The fourth-order valence-corrected chi connectivity index (χ4v) is 1.32. The Bertz CT molecular complexity index is 507. The monoisotopic (exact) mass is 233 g/mol. The first-order valence-electron chi connectivity index (χ1n) is 4.90. The van der Waals surface area contributed by atoms with Crippen molar-refractivity contribution in [2.24, 2.45) is 0 Å². The second kappa shape index (κ2) is 4.94. The van der Waals surface area contributed by atoms with Crippen LogP contribution in [0.25, 0.3) is 0 Å². The fraction of sp³-hybridized carbons (Fsp3) is 0. The van der Waals surface area contributed by atoms with Crippen molar-refractivity contribution in [3.63, 3.8) is 0 Å². The van der Waals surface area contributed by atoms with E-state index in [9.17, 15) is 4.39 Å². The normalized spacial score (nSPS) is 10.1. The van der Waals surface area contributed by atoms with Gasteiger partial charge in [0.1, 0.15) is 17.3 Å². The van der Waals surface area contributed by atoms with Gasteiger partial charge in [-0.05, 0) is 18.2 Å². The van der Waals surface area contributed by atoms with Crippen LogP contribution in [-0.4, -0.2) is 22.2 Å². The van der Waals surface area contributed by atoms with Crippen molar-refractivity contribution < 1.29 is 19.2 Å². The minimum absolute atomic E-state index is 0.188. The van der Waals surface area contributed by atoms with Gasteiger partial charge in [0.05, 0.1) is 0 Å². The first-order valence-corrected chi connectivity index (χ1v) is 4.90. The molecule has 0 unspecified atom stereocenters. The molecule has 0 aliphatic carbocycles. The van der Waals surface area contributed by atoms with Crippen LogP contribution in [0.5, 0.6) is 11.5 Å². The van der Waals surface area contributed by atoms with E-state index in [-0.39, 0.29) is 11.2 Å². The summed E-state index contributed by atoms with van der Waals surface area (Å²) in [5.41, 5.74) is -0.188. The lowest BCUT2D eigenvalue weighted by Crippen LogP contribution is -2.32. The quantitative estimate of drug-likeness (QED) is 0.765. The standard InChI is InChI=1S/C11H9BFNO3/c13-11-7-9(1-2-10(11)12(15)16)17-8-3-5-14-6-4-8/h1-7,15-16H. The Labute approximate surface area is 97.5 Å². The lowest BCUT2D eigenvalue weighted by Gasteiger charge is -2.07. The van der Waals surface area contributed by atoms with Crippen molar-refractivity contribution in [2.75, 3.05) is 0 Å². The van der Waals surface area contributed by atoms with Crippen LogP contribution >= 0.6 is 0 Å². The molecule has 0 aliphatic heterocycles. The zero-order chi connectivity index (χ0) is 12.3. The van der Waals surface area contributed by atoms with E-state index in [0.717, 1.165) is 6.07 Å². The van der Waals surface area contributed by atoms with Gasteiger partial charge in [0.2, 0.25) is 0 Å². The van der Waals surface area contributed by atoms with Crippen LogP contribution in [-0.2, 0) is 0 Å². The van der Waals surface area contributed by atoms with Crippen LogP contribution in [0.1, 0.15) is 0 Å². The Hall–Kier alpha value is -1.92. The Balaban J connectivity index is 2.21. The van der Waals surface area contributed by atoms with Crippen molar-refractivity contribution >= 4 is 12.6 Å². The van der Waals surface area contributed by atoms with Gasteiger partial charge in [-0.15, -0.1) is 0 Å². The van der Waals surface area contributed by atoms with Crippen molar-refractivity contribution in [2.45, 2.75) is 0 Å². The van der Waals surface area contributed by atoms with E-state index >= 15 is 0 Å². The lowest BCUT2D eigenvalue weighted by atomic mass is 9.80. The highest BCUT2D eigenvalue weighted by Gasteiger charge is 2.16. The van der Waals surface area contributed by atoms with Crippen molar-refractivity contribution in [1.82, 2.24) is 4.98 Å². The molecule has 0 spiro atoms. The number of hydrogen-bond donors (Lipinski definition) is 2. The number of ether oxygens (including phenoxy) is 1. The van der Waals surface area contributed by atoms with E-state index in [4.69, 9.17) is 14.8 Å². The first-order chi connectivity index (χ1) is 8.16. The molecule has 1 aromatic heterocycles. The molecule has 1 aromatic carbocycles. The molecule has 0 saturated carbocycles. The van der Waals surface area contributed by atoms with E-state index in [0.29, 0.717) is 5.75 Å². The predicted molar refractivity (Wildman–Crippen MR) is 60.5 cm³/mol. The number of rotatable bonds is 3. The minimum Gasteiger partial charge on any atom is -0.457 e. The van der Waals surface area contributed by atoms with Crippen molar-refractivity contribution in [3.8, 4) is 11.5 Å². The molecule has 1 heterocycles. The van der Waals surface area contributed by atoms with Crippen LogP contribution in [0, 0.1) is 5.82 Å². The fourth-order valence-electron chi connectivity index (χ4n) is 1.32. The average molecular weight is 233 g/mol. The molecule has 0 aliphatic rings. The summed E-state index contributed by atoms with van der Waals surface area (Å²) in [4.78, 5) is 3.82. The van der Waals surface area contributed by atoms with E-state index < -0.39 is 12.9 Å². The summed E-state index contributed by atoms with van der Waals surface area (Å²) in [6, 6.07) is 7.07. The first kappa shape index (κ1) is 11.6. The van der Waals surface area contributed by atoms with E-state index in [1.54, 1.807) is 24.5 Å². The van der Waals surface area contributed by atoms with Gasteiger partial charge in [0, 0.05) is 23.9 Å². The summed E-state index contributed by atoms with van der Waals surface area (Å²) < 4.78 is 18.7. The molecule has 4 nitrogen and oxygen atoms in total. The SMILES string of the molecule is OB(O)c1ccc(Oc2ccncc2)cc1F. The van der Waals surface area contributed by atoms with Gasteiger partial charge < -0.3 is 14.8 Å². The van der Waals surface area contributed by atoms with Gasteiger partial charge in [-0.3, -0.25) is 4.98 Å². The highest BCUT2D eigenvalue weighted by molar-refractivity contribution is 6.58. The number of hydrogen-bond acceptors (Lipinski definition) is 4. The molecule has 0 bridgehead atoms. The molecule has 2 N–H and O–H groups in total. The van der Waals surface area contributed by atoms with E-state index in [2.05, 4.69) is 4.98 Å². The zero-order valence-electron chi connectivity index (χ0n) is 8.75. The predicted octanol–water partition coefficient (Wildman–Crippen LogP) is 0.693. The number of aromatic nitrogens is 1. The average Bonchev–Trinajstić information content (AvgIpc) is 2.30. The molecule has 2 rings (SSSR count). The summed E-state index contributed by atoms with van der Waals surface area (Å²) >= 11 is 0. The molecule has 0 saturated heterocycles. The highest BCUT2D eigenvalue weighted by atomic mass is 19.1. The summed E-state index contributed by atoms with van der Waals surface area (Å²) in [6.07, 6.45) is 3.11. The van der Waals surface area contributed by atoms with Crippen molar-refractivity contribution in [1.29, 1.82) is 0 Å². The van der Waals surface area contributed by atoms with Crippen molar-refractivity contribution in [3.05, 3.63) is 48.5 Å². The van der Waals surface area contributed by atoms with Crippen LogP contribution in [0.4, 0.5) is 4.39 Å². The molecular formula is C11H9BFNO3. The number of pyridine rings is 1. The third-order valence-electron chi connectivity index (χ3n) is 2.14. The molecule has 2 aromatic rings. The summed E-state index contributed by atoms with van der Waals surface area (Å²) in [6.45, 7) is 0. The number of nitrogens with zero attached hydrogens (tertiary/aromatic N) is 1. The highest BCUT2D eigenvalue weighted by Crippen LogP contribution is 2.20. The zero-order valence-corrected chi connectivity index (χ0v) is 8.75.